The number of methoxy groups -OCH3 is 1. The lowest BCUT2D eigenvalue weighted by molar-refractivity contribution is -0.120. The second-order valence-electron chi connectivity index (χ2n) is 7.32. The van der Waals surface area contributed by atoms with Crippen LogP contribution in [0.3, 0.4) is 0 Å². The van der Waals surface area contributed by atoms with Crippen molar-refractivity contribution < 1.29 is 9.53 Å². The van der Waals surface area contributed by atoms with E-state index in [4.69, 9.17) is 4.74 Å². The Morgan fingerprint density at radius 3 is 2.44 bits per heavy atom. The van der Waals surface area contributed by atoms with E-state index in [1.807, 2.05) is 24.3 Å². The molecule has 1 saturated heterocycles. The van der Waals surface area contributed by atoms with Crippen molar-refractivity contribution in [3.8, 4) is 5.75 Å². The zero-order valence-corrected chi connectivity index (χ0v) is 16.2. The van der Waals surface area contributed by atoms with Crippen LogP contribution in [0.25, 0.3) is 0 Å². The molecule has 27 heavy (non-hydrogen) atoms. The number of carbonyl (C=O) groups excluding carboxylic acids is 1. The molecule has 144 valence electrons. The molecule has 4 nitrogen and oxygen atoms in total. The number of ether oxygens (including phenoxy) is 1. The monoisotopic (exact) mass is 366 g/mol. The SMILES string of the molecule is COc1cccc(CC(=O)NCc2cccc(CN3CCCCCC3)c2)c1. The fourth-order valence-electron chi connectivity index (χ4n) is 3.62. The fourth-order valence-corrected chi connectivity index (χ4v) is 3.62. The highest BCUT2D eigenvalue weighted by molar-refractivity contribution is 5.78. The van der Waals surface area contributed by atoms with E-state index >= 15 is 0 Å². The Hall–Kier alpha value is -2.33. The molecule has 1 aliphatic heterocycles. The van der Waals surface area contributed by atoms with Crippen LogP contribution in [0.5, 0.6) is 5.75 Å². The quantitative estimate of drug-likeness (QED) is 0.807. The fraction of sp³-hybridized carbons (Fsp3) is 0.435. The number of nitrogens with one attached hydrogen (secondary N) is 1. The van der Waals surface area contributed by atoms with Gasteiger partial charge in [0.1, 0.15) is 5.75 Å². The highest BCUT2D eigenvalue weighted by atomic mass is 16.5. The van der Waals surface area contributed by atoms with E-state index < -0.39 is 0 Å². The Balaban J connectivity index is 1.50. The summed E-state index contributed by atoms with van der Waals surface area (Å²) in [6.07, 6.45) is 5.69. The highest BCUT2D eigenvalue weighted by Gasteiger charge is 2.10. The first-order valence-corrected chi connectivity index (χ1v) is 9.93. The zero-order valence-electron chi connectivity index (χ0n) is 16.2. The highest BCUT2D eigenvalue weighted by Crippen LogP contribution is 2.15. The van der Waals surface area contributed by atoms with Crippen LogP contribution in [0, 0.1) is 0 Å². The van der Waals surface area contributed by atoms with Crippen LogP contribution in [0.15, 0.2) is 48.5 Å². The minimum atomic E-state index is 0.0289. The van der Waals surface area contributed by atoms with E-state index in [1.54, 1.807) is 7.11 Å². The van der Waals surface area contributed by atoms with Gasteiger partial charge in [0.15, 0.2) is 0 Å². The smallest absolute Gasteiger partial charge is 0.224 e. The van der Waals surface area contributed by atoms with Gasteiger partial charge < -0.3 is 10.1 Å². The van der Waals surface area contributed by atoms with E-state index in [-0.39, 0.29) is 5.91 Å². The van der Waals surface area contributed by atoms with Crippen molar-refractivity contribution in [2.24, 2.45) is 0 Å². The Kier molecular flexibility index (Phi) is 7.28. The molecule has 1 amide bonds. The van der Waals surface area contributed by atoms with Gasteiger partial charge in [0.25, 0.3) is 0 Å². The second kappa shape index (κ2) is 10.1. The largest absolute Gasteiger partial charge is 0.497 e. The molecule has 1 fully saturated rings. The molecule has 2 aromatic rings. The topological polar surface area (TPSA) is 41.6 Å². The lowest BCUT2D eigenvalue weighted by Gasteiger charge is -2.20. The van der Waals surface area contributed by atoms with Gasteiger partial charge in [-0.05, 0) is 54.8 Å². The van der Waals surface area contributed by atoms with Gasteiger partial charge in [0, 0.05) is 13.1 Å². The van der Waals surface area contributed by atoms with Gasteiger partial charge >= 0.3 is 0 Å². The summed E-state index contributed by atoms with van der Waals surface area (Å²) in [6, 6.07) is 16.2. The number of nitrogens with zero attached hydrogens (tertiary/aromatic N) is 1. The van der Waals surface area contributed by atoms with Crippen molar-refractivity contribution >= 4 is 5.91 Å². The van der Waals surface area contributed by atoms with Crippen LogP contribution in [-0.4, -0.2) is 31.0 Å². The third-order valence-corrected chi connectivity index (χ3v) is 5.08. The first-order chi connectivity index (χ1) is 13.2. The molecule has 2 aromatic carbocycles. The Labute approximate surface area is 162 Å². The Bertz CT molecular complexity index is 737. The van der Waals surface area contributed by atoms with Crippen molar-refractivity contribution in [2.45, 2.75) is 45.2 Å². The van der Waals surface area contributed by atoms with Gasteiger partial charge in [0.05, 0.1) is 13.5 Å². The standard InChI is InChI=1S/C23H30N2O2/c1-27-22-11-7-8-19(15-22)16-23(26)24-17-20-9-6-10-21(14-20)18-25-12-4-2-3-5-13-25/h6-11,14-15H,2-5,12-13,16-18H2,1H3,(H,24,26). The molecule has 0 spiro atoms. The maximum atomic E-state index is 12.3. The van der Waals surface area contributed by atoms with Crippen molar-refractivity contribution in [3.05, 3.63) is 65.2 Å². The average molecular weight is 367 g/mol. The lowest BCUT2D eigenvalue weighted by atomic mass is 10.1. The lowest BCUT2D eigenvalue weighted by Crippen LogP contribution is -2.25. The normalized spacial score (nSPS) is 15.1. The zero-order chi connectivity index (χ0) is 18.9. The predicted molar refractivity (Wildman–Crippen MR) is 109 cm³/mol. The molecule has 0 saturated carbocycles. The Morgan fingerprint density at radius 1 is 0.963 bits per heavy atom. The number of amides is 1. The molecule has 0 atom stereocenters. The molecular formula is C23H30N2O2. The first-order valence-electron chi connectivity index (χ1n) is 9.93. The van der Waals surface area contributed by atoms with Crippen LogP contribution in [-0.2, 0) is 24.3 Å². The number of hydrogen-bond acceptors (Lipinski definition) is 3. The summed E-state index contributed by atoms with van der Waals surface area (Å²) >= 11 is 0. The molecule has 0 radical (unpaired) electrons. The van der Waals surface area contributed by atoms with Gasteiger partial charge in [-0.15, -0.1) is 0 Å². The second-order valence-corrected chi connectivity index (χ2v) is 7.32. The molecule has 1 heterocycles. The molecule has 1 aliphatic rings. The van der Waals surface area contributed by atoms with Crippen molar-refractivity contribution in [2.75, 3.05) is 20.2 Å². The van der Waals surface area contributed by atoms with E-state index in [2.05, 4.69) is 34.5 Å². The van der Waals surface area contributed by atoms with Crippen molar-refractivity contribution in [1.29, 1.82) is 0 Å². The number of rotatable bonds is 7. The molecular weight excluding hydrogens is 336 g/mol. The summed E-state index contributed by atoms with van der Waals surface area (Å²) in [7, 11) is 1.64. The van der Waals surface area contributed by atoms with Crippen LogP contribution < -0.4 is 10.1 Å². The molecule has 0 unspecified atom stereocenters. The minimum Gasteiger partial charge on any atom is -0.497 e. The molecule has 3 rings (SSSR count). The number of hydrogen-bond donors (Lipinski definition) is 1. The Morgan fingerprint density at radius 2 is 1.67 bits per heavy atom. The van der Waals surface area contributed by atoms with Gasteiger partial charge in [-0.3, -0.25) is 9.69 Å². The van der Waals surface area contributed by atoms with E-state index in [1.165, 1.54) is 44.3 Å². The van der Waals surface area contributed by atoms with E-state index in [0.717, 1.165) is 23.4 Å². The van der Waals surface area contributed by atoms with Gasteiger partial charge in [-0.25, -0.2) is 0 Å². The first kappa shape index (κ1) is 19.4. The summed E-state index contributed by atoms with van der Waals surface area (Å²) in [5.41, 5.74) is 3.44. The summed E-state index contributed by atoms with van der Waals surface area (Å²) < 4.78 is 5.21. The van der Waals surface area contributed by atoms with Crippen LogP contribution in [0.4, 0.5) is 0 Å². The maximum absolute atomic E-state index is 12.3. The van der Waals surface area contributed by atoms with Crippen LogP contribution in [0.2, 0.25) is 0 Å². The predicted octanol–water partition coefficient (Wildman–Crippen LogP) is 3.93. The number of carbonyl (C=O) groups is 1. The van der Waals surface area contributed by atoms with Crippen molar-refractivity contribution in [1.82, 2.24) is 10.2 Å². The third-order valence-electron chi connectivity index (χ3n) is 5.08. The van der Waals surface area contributed by atoms with Crippen molar-refractivity contribution in [3.63, 3.8) is 0 Å². The summed E-state index contributed by atoms with van der Waals surface area (Å²) in [5.74, 6) is 0.808. The van der Waals surface area contributed by atoms with E-state index in [9.17, 15) is 4.79 Å². The molecule has 1 N–H and O–H groups in total. The molecule has 0 bridgehead atoms. The summed E-state index contributed by atoms with van der Waals surface area (Å²) in [6.45, 7) is 3.96. The molecule has 0 aliphatic carbocycles. The van der Waals surface area contributed by atoms with Crippen LogP contribution in [0.1, 0.15) is 42.4 Å². The van der Waals surface area contributed by atoms with Crippen LogP contribution >= 0.6 is 0 Å². The summed E-state index contributed by atoms with van der Waals surface area (Å²) in [5, 5.41) is 3.03. The number of likely N-dealkylation sites (tertiary alicyclic amines) is 1. The van der Waals surface area contributed by atoms with Gasteiger partial charge in [-0.1, -0.05) is 49.2 Å². The maximum Gasteiger partial charge on any atom is 0.224 e. The molecule has 4 heteroatoms. The number of benzene rings is 2. The molecule has 0 aromatic heterocycles. The third kappa shape index (κ3) is 6.40. The summed E-state index contributed by atoms with van der Waals surface area (Å²) in [4.78, 5) is 14.8. The minimum absolute atomic E-state index is 0.0289. The van der Waals surface area contributed by atoms with Gasteiger partial charge in [-0.2, -0.15) is 0 Å². The van der Waals surface area contributed by atoms with Gasteiger partial charge in [0.2, 0.25) is 5.91 Å². The van der Waals surface area contributed by atoms with E-state index in [0.29, 0.717) is 13.0 Å². The average Bonchev–Trinajstić information content (AvgIpc) is 2.95.